The minimum atomic E-state index is -0.688. The molecule has 2 rings (SSSR count). The second-order valence-corrected chi connectivity index (χ2v) is 5.62. The Kier molecular flexibility index (Phi) is 6.21. The zero-order valence-electron chi connectivity index (χ0n) is 13.7. The lowest BCUT2D eigenvalue weighted by Gasteiger charge is -2.14. The number of carbonyl (C=O) groups is 1. The van der Waals surface area contributed by atoms with Gasteiger partial charge >= 0.3 is 0 Å². The van der Waals surface area contributed by atoms with E-state index in [1.54, 1.807) is 38.4 Å². The fourth-order valence-corrected chi connectivity index (χ4v) is 2.20. The summed E-state index contributed by atoms with van der Waals surface area (Å²) in [5.74, 6) is 0.988. The van der Waals surface area contributed by atoms with Crippen LogP contribution in [0, 0.1) is 6.92 Å². The number of ether oxygens (including phenoxy) is 2. The molecule has 1 unspecified atom stereocenters. The molecule has 1 amide bonds. The van der Waals surface area contributed by atoms with Crippen LogP contribution in [0.15, 0.2) is 47.6 Å². The van der Waals surface area contributed by atoms with Gasteiger partial charge in [0.2, 0.25) is 0 Å². The van der Waals surface area contributed by atoms with Crippen molar-refractivity contribution in [1.82, 2.24) is 5.43 Å². The highest BCUT2D eigenvalue weighted by Crippen LogP contribution is 2.22. The molecule has 0 heterocycles. The Morgan fingerprint density at radius 2 is 2.08 bits per heavy atom. The molecule has 0 aliphatic rings. The van der Waals surface area contributed by atoms with E-state index in [0.29, 0.717) is 10.8 Å². The van der Waals surface area contributed by atoms with Gasteiger partial charge in [-0.25, -0.2) is 5.43 Å². The van der Waals surface area contributed by atoms with Gasteiger partial charge in [-0.2, -0.15) is 5.10 Å². The Morgan fingerprint density at radius 1 is 1.29 bits per heavy atom. The maximum atomic E-state index is 12.0. The minimum absolute atomic E-state index is 0.344. The van der Waals surface area contributed by atoms with Gasteiger partial charge in [-0.1, -0.05) is 23.7 Å². The monoisotopic (exact) mass is 346 g/mol. The third-order valence-electron chi connectivity index (χ3n) is 3.29. The van der Waals surface area contributed by atoms with Gasteiger partial charge in [0, 0.05) is 5.02 Å². The van der Waals surface area contributed by atoms with Gasteiger partial charge in [0.05, 0.1) is 13.3 Å². The SMILES string of the molecule is COc1cccc(/C=N/NC(=O)C(C)Oc2ccc(Cl)cc2C)c1. The molecule has 126 valence electrons. The highest BCUT2D eigenvalue weighted by atomic mass is 35.5. The summed E-state index contributed by atoms with van der Waals surface area (Å²) in [4.78, 5) is 12.0. The maximum Gasteiger partial charge on any atom is 0.280 e. The van der Waals surface area contributed by atoms with E-state index in [2.05, 4.69) is 10.5 Å². The normalized spacial score (nSPS) is 12.0. The van der Waals surface area contributed by atoms with Crippen LogP contribution in [0.5, 0.6) is 11.5 Å². The maximum absolute atomic E-state index is 12.0. The first-order valence-electron chi connectivity index (χ1n) is 7.39. The average Bonchev–Trinajstić information content (AvgIpc) is 2.57. The fraction of sp³-hybridized carbons (Fsp3) is 0.222. The third kappa shape index (κ3) is 4.99. The first-order chi connectivity index (χ1) is 11.5. The van der Waals surface area contributed by atoms with E-state index in [4.69, 9.17) is 21.1 Å². The number of rotatable bonds is 6. The van der Waals surface area contributed by atoms with Crippen LogP contribution in [0.25, 0.3) is 0 Å². The molecule has 2 aromatic carbocycles. The number of carbonyl (C=O) groups excluding carboxylic acids is 1. The second kappa shape index (κ2) is 8.36. The zero-order valence-corrected chi connectivity index (χ0v) is 14.5. The molecule has 1 N–H and O–H groups in total. The summed E-state index contributed by atoms with van der Waals surface area (Å²) in [7, 11) is 1.59. The molecular formula is C18H19ClN2O3. The largest absolute Gasteiger partial charge is 0.497 e. The lowest BCUT2D eigenvalue weighted by atomic mass is 10.2. The summed E-state index contributed by atoms with van der Waals surface area (Å²) < 4.78 is 10.8. The second-order valence-electron chi connectivity index (χ2n) is 5.18. The van der Waals surface area contributed by atoms with Crippen molar-refractivity contribution in [3.05, 3.63) is 58.6 Å². The van der Waals surface area contributed by atoms with Gasteiger partial charge in [0.25, 0.3) is 5.91 Å². The summed E-state index contributed by atoms with van der Waals surface area (Å²) in [5.41, 5.74) is 4.14. The van der Waals surface area contributed by atoms with E-state index in [1.165, 1.54) is 0 Å². The Bertz CT molecular complexity index is 747. The molecule has 0 bridgehead atoms. The standard InChI is InChI=1S/C18H19ClN2O3/c1-12-9-15(19)7-8-17(12)24-13(2)18(22)21-20-11-14-5-4-6-16(10-14)23-3/h4-11,13H,1-3H3,(H,21,22)/b20-11+. The molecule has 24 heavy (non-hydrogen) atoms. The number of hydrogen-bond acceptors (Lipinski definition) is 4. The van der Waals surface area contributed by atoms with Crippen molar-refractivity contribution >= 4 is 23.7 Å². The molecule has 0 saturated heterocycles. The highest BCUT2D eigenvalue weighted by Gasteiger charge is 2.15. The topological polar surface area (TPSA) is 59.9 Å². The number of halogens is 1. The Labute approximate surface area is 146 Å². The van der Waals surface area contributed by atoms with Crippen LogP contribution in [0.2, 0.25) is 5.02 Å². The van der Waals surface area contributed by atoms with Crippen LogP contribution in [0.4, 0.5) is 0 Å². The average molecular weight is 347 g/mol. The number of hydrogen-bond donors (Lipinski definition) is 1. The summed E-state index contributed by atoms with van der Waals surface area (Å²) >= 11 is 5.90. The van der Waals surface area contributed by atoms with Crippen molar-refractivity contribution in [3.63, 3.8) is 0 Å². The van der Waals surface area contributed by atoms with Crippen LogP contribution < -0.4 is 14.9 Å². The molecule has 0 saturated carbocycles. The number of nitrogens with one attached hydrogen (secondary N) is 1. The number of aryl methyl sites for hydroxylation is 1. The molecule has 6 heteroatoms. The quantitative estimate of drug-likeness (QED) is 0.642. The molecule has 1 atom stereocenters. The van der Waals surface area contributed by atoms with Crippen LogP contribution in [0.1, 0.15) is 18.1 Å². The number of amides is 1. The highest BCUT2D eigenvalue weighted by molar-refractivity contribution is 6.30. The van der Waals surface area contributed by atoms with Gasteiger partial charge in [0.1, 0.15) is 11.5 Å². The molecule has 0 fully saturated rings. The van der Waals surface area contributed by atoms with Gasteiger partial charge in [-0.15, -0.1) is 0 Å². The van der Waals surface area contributed by atoms with E-state index in [0.717, 1.165) is 16.9 Å². The van der Waals surface area contributed by atoms with Crippen molar-refractivity contribution in [2.75, 3.05) is 7.11 Å². The van der Waals surface area contributed by atoms with Crippen LogP contribution in [-0.2, 0) is 4.79 Å². The lowest BCUT2D eigenvalue weighted by Crippen LogP contribution is -2.33. The molecule has 0 aliphatic carbocycles. The van der Waals surface area contributed by atoms with Crippen molar-refractivity contribution in [3.8, 4) is 11.5 Å². The van der Waals surface area contributed by atoms with Crippen molar-refractivity contribution in [1.29, 1.82) is 0 Å². The van der Waals surface area contributed by atoms with Gasteiger partial charge in [-0.3, -0.25) is 4.79 Å². The number of methoxy groups -OCH3 is 1. The predicted molar refractivity (Wildman–Crippen MR) is 95.0 cm³/mol. The van der Waals surface area contributed by atoms with Crippen molar-refractivity contribution < 1.29 is 14.3 Å². The Hall–Kier alpha value is -2.53. The molecule has 2 aromatic rings. The van der Waals surface area contributed by atoms with Crippen molar-refractivity contribution in [2.24, 2.45) is 5.10 Å². The van der Waals surface area contributed by atoms with Crippen LogP contribution >= 0.6 is 11.6 Å². The van der Waals surface area contributed by atoms with E-state index >= 15 is 0 Å². The van der Waals surface area contributed by atoms with Gasteiger partial charge < -0.3 is 9.47 Å². The number of nitrogens with zero attached hydrogens (tertiary/aromatic N) is 1. The smallest absolute Gasteiger partial charge is 0.280 e. The fourth-order valence-electron chi connectivity index (χ4n) is 1.97. The first-order valence-corrected chi connectivity index (χ1v) is 7.77. The molecule has 0 aromatic heterocycles. The Balaban J connectivity index is 1.92. The molecule has 5 nitrogen and oxygen atoms in total. The van der Waals surface area contributed by atoms with Gasteiger partial charge in [-0.05, 0) is 55.3 Å². The molecule has 0 spiro atoms. The number of hydrazone groups is 1. The zero-order chi connectivity index (χ0) is 17.5. The predicted octanol–water partition coefficient (Wildman–Crippen LogP) is 3.57. The summed E-state index contributed by atoms with van der Waals surface area (Å²) in [5, 5.41) is 4.56. The van der Waals surface area contributed by atoms with Crippen LogP contribution in [-0.4, -0.2) is 25.3 Å². The van der Waals surface area contributed by atoms with Crippen LogP contribution in [0.3, 0.4) is 0 Å². The molecular weight excluding hydrogens is 328 g/mol. The summed E-state index contributed by atoms with van der Waals surface area (Å²) in [6.45, 7) is 3.53. The Morgan fingerprint density at radius 3 is 2.79 bits per heavy atom. The van der Waals surface area contributed by atoms with E-state index < -0.39 is 6.10 Å². The van der Waals surface area contributed by atoms with Crippen molar-refractivity contribution in [2.45, 2.75) is 20.0 Å². The van der Waals surface area contributed by atoms with E-state index in [1.807, 2.05) is 31.2 Å². The summed E-state index contributed by atoms with van der Waals surface area (Å²) in [6.07, 6.45) is 0.855. The molecule has 0 aliphatic heterocycles. The number of benzene rings is 2. The lowest BCUT2D eigenvalue weighted by molar-refractivity contribution is -0.127. The van der Waals surface area contributed by atoms with E-state index in [9.17, 15) is 4.79 Å². The third-order valence-corrected chi connectivity index (χ3v) is 3.53. The summed E-state index contributed by atoms with van der Waals surface area (Å²) in [6, 6.07) is 12.6. The van der Waals surface area contributed by atoms with E-state index in [-0.39, 0.29) is 5.91 Å². The molecule has 0 radical (unpaired) electrons. The van der Waals surface area contributed by atoms with Gasteiger partial charge in [0.15, 0.2) is 6.10 Å². The first kappa shape index (κ1) is 17.8. The minimum Gasteiger partial charge on any atom is -0.497 e.